The van der Waals surface area contributed by atoms with Crippen LogP contribution in [-0.2, 0) is 32.6 Å². The maximum atomic E-state index is 14.1. The number of amides is 2. The van der Waals surface area contributed by atoms with Crippen LogP contribution in [0.15, 0.2) is 84.9 Å². The molecule has 0 heterocycles. The number of anilines is 1. The van der Waals surface area contributed by atoms with Crippen molar-refractivity contribution in [2.75, 3.05) is 17.1 Å². The lowest BCUT2D eigenvalue weighted by Crippen LogP contribution is -2.54. The summed E-state index contributed by atoms with van der Waals surface area (Å²) in [6.45, 7) is 1.75. The third-order valence-corrected chi connectivity index (χ3v) is 8.44. The first kappa shape index (κ1) is 28.4. The Balaban J connectivity index is 1.72. The molecule has 8 heteroatoms. The van der Waals surface area contributed by atoms with Crippen LogP contribution in [-0.4, -0.2) is 50.0 Å². The maximum absolute atomic E-state index is 14.1. The smallest absolute Gasteiger partial charge is 0.244 e. The van der Waals surface area contributed by atoms with Crippen molar-refractivity contribution in [1.29, 1.82) is 0 Å². The molecule has 0 unspecified atom stereocenters. The van der Waals surface area contributed by atoms with Gasteiger partial charge in [0.2, 0.25) is 21.8 Å². The van der Waals surface area contributed by atoms with Gasteiger partial charge in [-0.15, -0.1) is 0 Å². The summed E-state index contributed by atoms with van der Waals surface area (Å²) in [7, 11) is -3.77. The number of nitrogens with one attached hydrogen (secondary N) is 1. The molecule has 0 aliphatic heterocycles. The Kier molecular flexibility index (Phi) is 9.41. The quantitative estimate of drug-likeness (QED) is 0.384. The summed E-state index contributed by atoms with van der Waals surface area (Å²) in [5.74, 6) is -0.645. The fraction of sp³-hybridized carbons (Fsp3) is 0.355. The van der Waals surface area contributed by atoms with Crippen LogP contribution in [0.3, 0.4) is 0 Å². The molecular formula is C31H37N3O4S. The fourth-order valence-electron chi connectivity index (χ4n) is 5.10. The zero-order valence-electron chi connectivity index (χ0n) is 22.6. The van der Waals surface area contributed by atoms with Gasteiger partial charge in [-0.3, -0.25) is 13.9 Å². The Bertz CT molecular complexity index is 1360. The van der Waals surface area contributed by atoms with Gasteiger partial charge in [0, 0.05) is 19.0 Å². The highest BCUT2D eigenvalue weighted by Gasteiger charge is 2.34. The Hall–Kier alpha value is -3.65. The van der Waals surface area contributed by atoms with Crippen molar-refractivity contribution < 1.29 is 18.0 Å². The standard InChI is InChI=1S/C31H37N3O4S/c1-24-13-9-10-16-26(24)22-33(30(35)23-34(39(2,37)38)28-19-7-4-8-20-28)29(21-25-14-5-3-6-15-25)31(36)32-27-17-11-12-18-27/h3-10,13-16,19-20,27,29H,11-12,17-18,21-23H2,1-2H3,(H,32,36)/t29-/m1/s1. The predicted molar refractivity (Wildman–Crippen MR) is 155 cm³/mol. The summed E-state index contributed by atoms with van der Waals surface area (Å²) >= 11 is 0. The second kappa shape index (κ2) is 12.9. The van der Waals surface area contributed by atoms with Gasteiger partial charge in [0.25, 0.3) is 0 Å². The van der Waals surface area contributed by atoms with E-state index in [1.807, 2.05) is 61.5 Å². The zero-order valence-corrected chi connectivity index (χ0v) is 23.4. The number of rotatable bonds is 11. The third kappa shape index (κ3) is 7.69. The monoisotopic (exact) mass is 547 g/mol. The molecule has 0 aromatic heterocycles. The van der Waals surface area contributed by atoms with Gasteiger partial charge < -0.3 is 10.2 Å². The molecule has 4 rings (SSSR count). The van der Waals surface area contributed by atoms with Crippen molar-refractivity contribution in [3.63, 3.8) is 0 Å². The lowest BCUT2D eigenvalue weighted by molar-refractivity contribution is -0.140. The molecule has 1 saturated carbocycles. The van der Waals surface area contributed by atoms with Crippen LogP contribution < -0.4 is 9.62 Å². The van der Waals surface area contributed by atoms with Gasteiger partial charge in [0.1, 0.15) is 12.6 Å². The highest BCUT2D eigenvalue weighted by Crippen LogP contribution is 2.22. The summed E-state index contributed by atoms with van der Waals surface area (Å²) in [4.78, 5) is 29.5. The van der Waals surface area contributed by atoms with E-state index in [0.717, 1.165) is 52.9 Å². The first-order valence-corrected chi connectivity index (χ1v) is 15.3. The molecule has 1 aliphatic carbocycles. The van der Waals surface area contributed by atoms with Gasteiger partial charge in [0.15, 0.2) is 0 Å². The number of carbonyl (C=O) groups is 2. The number of nitrogens with zero attached hydrogens (tertiary/aromatic N) is 2. The Morgan fingerprint density at radius 2 is 1.49 bits per heavy atom. The van der Waals surface area contributed by atoms with E-state index in [1.54, 1.807) is 35.2 Å². The highest BCUT2D eigenvalue weighted by molar-refractivity contribution is 7.92. The van der Waals surface area contributed by atoms with E-state index in [0.29, 0.717) is 12.1 Å². The predicted octanol–water partition coefficient (Wildman–Crippen LogP) is 4.46. The summed E-state index contributed by atoms with van der Waals surface area (Å²) in [6, 6.07) is 25.2. The Labute approximate surface area is 231 Å². The molecule has 1 N–H and O–H groups in total. The van der Waals surface area contributed by atoms with Gasteiger partial charge in [-0.25, -0.2) is 8.42 Å². The van der Waals surface area contributed by atoms with Crippen molar-refractivity contribution in [2.24, 2.45) is 0 Å². The first-order chi connectivity index (χ1) is 18.7. The SMILES string of the molecule is Cc1ccccc1CN(C(=O)CN(c1ccccc1)S(C)(=O)=O)[C@H](Cc1ccccc1)C(=O)NC1CCCC1. The van der Waals surface area contributed by atoms with Crippen molar-refractivity contribution in [1.82, 2.24) is 10.2 Å². The van der Waals surface area contributed by atoms with Gasteiger partial charge in [-0.2, -0.15) is 0 Å². The highest BCUT2D eigenvalue weighted by atomic mass is 32.2. The summed E-state index contributed by atoms with van der Waals surface area (Å²) < 4.78 is 26.7. The largest absolute Gasteiger partial charge is 0.352 e. The number of carbonyl (C=O) groups excluding carboxylic acids is 2. The Morgan fingerprint density at radius 1 is 0.897 bits per heavy atom. The molecule has 39 heavy (non-hydrogen) atoms. The van der Waals surface area contributed by atoms with Gasteiger partial charge >= 0.3 is 0 Å². The van der Waals surface area contributed by atoms with Crippen LogP contribution in [0.2, 0.25) is 0 Å². The Morgan fingerprint density at radius 3 is 2.10 bits per heavy atom. The molecule has 0 saturated heterocycles. The van der Waals surface area contributed by atoms with E-state index >= 15 is 0 Å². The molecular weight excluding hydrogens is 510 g/mol. The minimum atomic E-state index is -3.77. The van der Waals surface area contributed by atoms with E-state index in [2.05, 4.69) is 5.32 Å². The van der Waals surface area contributed by atoms with Crippen molar-refractivity contribution in [3.8, 4) is 0 Å². The van der Waals surface area contributed by atoms with Gasteiger partial charge in [0.05, 0.1) is 11.9 Å². The molecule has 1 aliphatic rings. The minimum Gasteiger partial charge on any atom is -0.352 e. The van der Waals surface area contributed by atoms with E-state index in [-0.39, 0.29) is 18.5 Å². The van der Waals surface area contributed by atoms with E-state index < -0.39 is 28.5 Å². The second-order valence-electron chi connectivity index (χ2n) is 10.2. The van der Waals surface area contributed by atoms with Gasteiger partial charge in [-0.1, -0.05) is 85.6 Å². The number of hydrogen-bond donors (Lipinski definition) is 1. The number of para-hydroxylation sites is 1. The zero-order chi connectivity index (χ0) is 27.8. The van der Waals surface area contributed by atoms with E-state index in [4.69, 9.17) is 0 Å². The second-order valence-corrected chi connectivity index (χ2v) is 12.2. The molecule has 0 radical (unpaired) electrons. The number of hydrogen-bond acceptors (Lipinski definition) is 4. The van der Waals surface area contributed by atoms with E-state index in [9.17, 15) is 18.0 Å². The number of sulfonamides is 1. The minimum absolute atomic E-state index is 0.0861. The maximum Gasteiger partial charge on any atom is 0.244 e. The molecule has 2 amide bonds. The van der Waals surface area contributed by atoms with Crippen molar-refractivity contribution >= 4 is 27.5 Å². The average Bonchev–Trinajstić information content (AvgIpc) is 3.43. The fourth-order valence-corrected chi connectivity index (χ4v) is 5.95. The molecule has 3 aromatic carbocycles. The van der Waals surface area contributed by atoms with Crippen LogP contribution in [0.5, 0.6) is 0 Å². The topological polar surface area (TPSA) is 86.8 Å². The van der Waals surface area contributed by atoms with Crippen LogP contribution in [0.25, 0.3) is 0 Å². The summed E-state index contributed by atoms with van der Waals surface area (Å²) in [5, 5.41) is 3.19. The molecule has 1 fully saturated rings. The molecule has 0 bridgehead atoms. The van der Waals surface area contributed by atoms with Crippen molar-refractivity contribution in [2.45, 2.75) is 57.7 Å². The molecule has 7 nitrogen and oxygen atoms in total. The molecule has 206 valence electrons. The number of benzene rings is 3. The summed E-state index contributed by atoms with van der Waals surface area (Å²) in [6.07, 6.45) is 5.40. The van der Waals surface area contributed by atoms with Crippen LogP contribution in [0.1, 0.15) is 42.4 Å². The van der Waals surface area contributed by atoms with Gasteiger partial charge in [-0.05, 0) is 48.6 Å². The normalized spacial score (nSPS) is 14.5. The molecule has 1 atom stereocenters. The third-order valence-electron chi connectivity index (χ3n) is 7.30. The first-order valence-electron chi connectivity index (χ1n) is 13.4. The number of aryl methyl sites for hydroxylation is 1. The van der Waals surface area contributed by atoms with Crippen LogP contribution in [0, 0.1) is 6.92 Å². The summed E-state index contributed by atoms with van der Waals surface area (Å²) in [5.41, 5.74) is 3.23. The van der Waals surface area contributed by atoms with Crippen LogP contribution in [0.4, 0.5) is 5.69 Å². The van der Waals surface area contributed by atoms with Crippen LogP contribution >= 0.6 is 0 Å². The van der Waals surface area contributed by atoms with E-state index in [1.165, 1.54) is 0 Å². The lowest BCUT2D eigenvalue weighted by atomic mass is 10.0. The molecule has 3 aromatic rings. The average molecular weight is 548 g/mol. The van der Waals surface area contributed by atoms with Crippen molar-refractivity contribution in [3.05, 3.63) is 102 Å². The molecule has 0 spiro atoms. The lowest BCUT2D eigenvalue weighted by Gasteiger charge is -2.34.